The molecule has 3 nitrogen and oxygen atoms in total. The molecule has 0 radical (unpaired) electrons. The number of hydrogen-bond acceptors (Lipinski definition) is 4. The Morgan fingerprint density at radius 1 is 1.59 bits per heavy atom. The number of pyridine rings is 1. The van der Waals surface area contributed by atoms with Gasteiger partial charge in [-0.2, -0.15) is 0 Å². The van der Waals surface area contributed by atoms with E-state index >= 15 is 0 Å². The van der Waals surface area contributed by atoms with Crippen LogP contribution in [0.1, 0.15) is 20.3 Å². The molecule has 1 heterocycles. The summed E-state index contributed by atoms with van der Waals surface area (Å²) in [6.45, 7) is 5.20. The zero-order chi connectivity index (χ0) is 12.7. The normalized spacial score (nSPS) is 14.6. The summed E-state index contributed by atoms with van der Waals surface area (Å²) < 4.78 is 1.00. The van der Waals surface area contributed by atoms with Crippen molar-refractivity contribution in [1.29, 1.82) is 0 Å². The molecule has 2 N–H and O–H groups in total. The third-order valence-electron chi connectivity index (χ3n) is 2.40. The molecule has 1 aromatic heterocycles. The number of thioether (sulfide) groups is 1. The maximum atomic E-state index is 9.45. The predicted octanol–water partition coefficient (Wildman–Crippen LogP) is 2.69. The van der Waals surface area contributed by atoms with Gasteiger partial charge in [-0.3, -0.25) is 0 Å². The standard InChI is InChI=1S/C12H19BrN2OS/c1-3-6-15-12(2,8-16)9-17-11-10(13)5-4-7-14-11/h4-5,7,15-16H,3,6,8-9H2,1-2H3. The Labute approximate surface area is 116 Å². The van der Waals surface area contributed by atoms with Gasteiger partial charge in [0, 0.05) is 22.0 Å². The van der Waals surface area contributed by atoms with E-state index in [2.05, 4.69) is 33.2 Å². The molecule has 0 spiro atoms. The van der Waals surface area contributed by atoms with Gasteiger partial charge in [0.2, 0.25) is 0 Å². The second-order valence-electron chi connectivity index (χ2n) is 4.22. The highest BCUT2D eigenvalue weighted by Crippen LogP contribution is 2.27. The predicted molar refractivity (Wildman–Crippen MR) is 76.4 cm³/mol. The Hall–Kier alpha value is -0.100. The molecule has 1 aromatic rings. The first-order valence-electron chi connectivity index (χ1n) is 5.70. The van der Waals surface area contributed by atoms with E-state index in [1.165, 1.54) is 0 Å². The summed E-state index contributed by atoms with van der Waals surface area (Å²) in [5.74, 6) is 0.791. The van der Waals surface area contributed by atoms with Crippen molar-refractivity contribution in [3.8, 4) is 0 Å². The van der Waals surface area contributed by atoms with E-state index in [1.807, 2.05) is 19.1 Å². The fraction of sp³-hybridized carbons (Fsp3) is 0.583. The van der Waals surface area contributed by atoms with Gasteiger partial charge in [-0.05, 0) is 48.0 Å². The van der Waals surface area contributed by atoms with Crippen LogP contribution in [0.5, 0.6) is 0 Å². The zero-order valence-electron chi connectivity index (χ0n) is 10.2. The molecule has 1 rings (SSSR count). The van der Waals surface area contributed by atoms with E-state index in [-0.39, 0.29) is 12.1 Å². The molecule has 1 atom stereocenters. The Bertz CT molecular complexity index is 351. The van der Waals surface area contributed by atoms with Gasteiger partial charge < -0.3 is 10.4 Å². The maximum Gasteiger partial charge on any atom is 0.110 e. The van der Waals surface area contributed by atoms with Gasteiger partial charge in [0.25, 0.3) is 0 Å². The molecule has 5 heteroatoms. The van der Waals surface area contributed by atoms with E-state index in [9.17, 15) is 5.11 Å². The van der Waals surface area contributed by atoms with Gasteiger partial charge in [-0.1, -0.05) is 6.92 Å². The average molecular weight is 319 g/mol. The number of nitrogens with zero attached hydrogens (tertiary/aromatic N) is 1. The van der Waals surface area contributed by atoms with Gasteiger partial charge in [0.05, 0.1) is 6.61 Å². The Morgan fingerprint density at radius 2 is 2.35 bits per heavy atom. The topological polar surface area (TPSA) is 45.1 Å². The molecule has 0 aliphatic heterocycles. The Morgan fingerprint density at radius 3 is 2.94 bits per heavy atom. The van der Waals surface area contributed by atoms with E-state index in [1.54, 1.807) is 18.0 Å². The number of aromatic nitrogens is 1. The highest BCUT2D eigenvalue weighted by atomic mass is 79.9. The summed E-state index contributed by atoms with van der Waals surface area (Å²) in [7, 11) is 0. The quantitative estimate of drug-likeness (QED) is 0.759. The second kappa shape index (κ2) is 7.36. The molecule has 0 bridgehead atoms. The molecule has 17 heavy (non-hydrogen) atoms. The summed E-state index contributed by atoms with van der Waals surface area (Å²) in [5, 5.41) is 13.8. The van der Waals surface area contributed by atoms with Crippen LogP contribution in [0.3, 0.4) is 0 Å². The Balaban J connectivity index is 2.55. The van der Waals surface area contributed by atoms with Crippen molar-refractivity contribution in [1.82, 2.24) is 10.3 Å². The van der Waals surface area contributed by atoms with Crippen LogP contribution in [0.4, 0.5) is 0 Å². The molecular formula is C12H19BrN2OS. The van der Waals surface area contributed by atoms with E-state index in [0.29, 0.717) is 0 Å². The molecule has 0 saturated carbocycles. The van der Waals surface area contributed by atoms with E-state index in [0.717, 1.165) is 28.2 Å². The lowest BCUT2D eigenvalue weighted by atomic mass is 10.1. The first-order chi connectivity index (χ1) is 8.11. The lowest BCUT2D eigenvalue weighted by Crippen LogP contribution is -2.48. The first-order valence-corrected chi connectivity index (χ1v) is 7.48. The van der Waals surface area contributed by atoms with Crippen LogP contribution in [0, 0.1) is 0 Å². The second-order valence-corrected chi connectivity index (χ2v) is 6.04. The fourth-order valence-corrected chi connectivity index (χ4v) is 2.87. The Kier molecular flexibility index (Phi) is 6.48. The fourth-order valence-electron chi connectivity index (χ4n) is 1.28. The molecule has 0 saturated heterocycles. The molecule has 1 unspecified atom stereocenters. The largest absolute Gasteiger partial charge is 0.394 e. The van der Waals surface area contributed by atoms with Crippen LogP contribution >= 0.6 is 27.7 Å². The minimum atomic E-state index is -0.252. The third-order valence-corrected chi connectivity index (χ3v) is 4.69. The first kappa shape index (κ1) is 15.0. The van der Waals surface area contributed by atoms with Crippen molar-refractivity contribution >= 4 is 27.7 Å². The van der Waals surface area contributed by atoms with Crippen LogP contribution in [0.2, 0.25) is 0 Å². The van der Waals surface area contributed by atoms with Gasteiger partial charge in [-0.25, -0.2) is 4.98 Å². The summed E-state index contributed by atoms with van der Waals surface area (Å²) >= 11 is 5.12. The van der Waals surface area contributed by atoms with Gasteiger partial charge in [-0.15, -0.1) is 11.8 Å². The van der Waals surface area contributed by atoms with Gasteiger partial charge in [0.15, 0.2) is 0 Å². The SMILES string of the molecule is CCCNC(C)(CO)CSc1ncccc1Br. The summed E-state index contributed by atoms with van der Waals surface area (Å²) in [4.78, 5) is 4.30. The van der Waals surface area contributed by atoms with Gasteiger partial charge in [0.1, 0.15) is 5.03 Å². The number of halogens is 1. The molecule has 0 fully saturated rings. The van der Waals surface area contributed by atoms with Crippen LogP contribution < -0.4 is 5.32 Å². The lowest BCUT2D eigenvalue weighted by molar-refractivity contribution is 0.192. The van der Waals surface area contributed by atoms with Crippen LogP contribution in [-0.2, 0) is 0 Å². The molecule has 0 amide bonds. The van der Waals surface area contributed by atoms with Crippen LogP contribution in [0.25, 0.3) is 0 Å². The molecule has 0 aliphatic carbocycles. The number of aliphatic hydroxyl groups is 1. The van der Waals surface area contributed by atoms with Crippen LogP contribution in [-0.4, -0.2) is 34.5 Å². The van der Waals surface area contributed by atoms with Crippen LogP contribution in [0.15, 0.2) is 27.8 Å². The number of rotatable bonds is 7. The smallest absolute Gasteiger partial charge is 0.110 e. The van der Waals surface area contributed by atoms with Crippen molar-refractivity contribution in [3.05, 3.63) is 22.8 Å². The maximum absolute atomic E-state index is 9.45. The number of aliphatic hydroxyl groups excluding tert-OH is 1. The van der Waals surface area contributed by atoms with E-state index < -0.39 is 0 Å². The molecule has 96 valence electrons. The third kappa shape index (κ3) is 4.95. The minimum absolute atomic E-state index is 0.129. The highest BCUT2D eigenvalue weighted by Gasteiger charge is 2.23. The average Bonchev–Trinajstić information content (AvgIpc) is 2.35. The summed E-state index contributed by atoms with van der Waals surface area (Å²) in [6.07, 6.45) is 2.84. The van der Waals surface area contributed by atoms with Crippen molar-refractivity contribution in [2.24, 2.45) is 0 Å². The summed E-state index contributed by atoms with van der Waals surface area (Å²) in [5.41, 5.74) is -0.252. The lowest BCUT2D eigenvalue weighted by Gasteiger charge is -2.28. The summed E-state index contributed by atoms with van der Waals surface area (Å²) in [6, 6.07) is 3.87. The molecular weight excluding hydrogens is 300 g/mol. The van der Waals surface area contributed by atoms with Gasteiger partial charge >= 0.3 is 0 Å². The molecule has 0 aromatic carbocycles. The number of hydrogen-bond donors (Lipinski definition) is 2. The minimum Gasteiger partial charge on any atom is -0.394 e. The highest BCUT2D eigenvalue weighted by molar-refractivity contribution is 9.10. The van der Waals surface area contributed by atoms with Crippen molar-refractivity contribution in [2.75, 3.05) is 18.9 Å². The monoisotopic (exact) mass is 318 g/mol. The van der Waals surface area contributed by atoms with Crippen molar-refractivity contribution < 1.29 is 5.11 Å². The van der Waals surface area contributed by atoms with Crippen molar-refractivity contribution in [3.63, 3.8) is 0 Å². The molecule has 0 aliphatic rings. The van der Waals surface area contributed by atoms with E-state index in [4.69, 9.17) is 0 Å². The number of nitrogens with one attached hydrogen (secondary N) is 1. The van der Waals surface area contributed by atoms with Crippen molar-refractivity contribution in [2.45, 2.75) is 30.8 Å². The zero-order valence-corrected chi connectivity index (χ0v) is 12.6.